The number of nitrogens with zero attached hydrogens (tertiary/aromatic N) is 6. The van der Waals surface area contributed by atoms with E-state index < -0.39 is 0 Å². The van der Waals surface area contributed by atoms with Gasteiger partial charge in [-0.2, -0.15) is 0 Å². The Hall–Kier alpha value is -3.86. The first-order chi connectivity index (χ1) is 20.5. The third-order valence-electron chi connectivity index (χ3n) is 7.19. The molecule has 8 nitrogen and oxygen atoms in total. The average molecular weight is 617 g/mol. The summed E-state index contributed by atoms with van der Waals surface area (Å²) in [5.74, 6) is 1.82. The molecule has 0 aliphatic carbocycles. The Morgan fingerprint density at radius 1 is 0.952 bits per heavy atom. The highest BCUT2D eigenvalue weighted by molar-refractivity contribution is 7.98. The Balaban J connectivity index is 1.18. The summed E-state index contributed by atoms with van der Waals surface area (Å²) < 4.78 is 7.62. The van der Waals surface area contributed by atoms with Crippen molar-refractivity contribution in [1.82, 2.24) is 24.6 Å². The summed E-state index contributed by atoms with van der Waals surface area (Å²) >= 11 is 9.54. The van der Waals surface area contributed by atoms with Crippen molar-refractivity contribution in [2.24, 2.45) is 0 Å². The lowest BCUT2D eigenvalue weighted by Gasteiger charge is -2.36. The first kappa shape index (κ1) is 28.3. The number of carbonyl (C=O) groups excluding carboxylic acids is 1. The third kappa shape index (κ3) is 5.74. The molecule has 0 radical (unpaired) electrons. The maximum absolute atomic E-state index is 13.3. The van der Waals surface area contributed by atoms with E-state index in [4.69, 9.17) is 21.3 Å². The number of aryl methyl sites for hydroxylation is 1. The lowest BCUT2D eigenvalue weighted by molar-refractivity contribution is 0.0741. The van der Waals surface area contributed by atoms with Crippen molar-refractivity contribution in [1.29, 1.82) is 0 Å². The van der Waals surface area contributed by atoms with Crippen molar-refractivity contribution in [3.8, 4) is 22.8 Å². The van der Waals surface area contributed by atoms with Crippen LogP contribution in [-0.2, 0) is 5.75 Å². The Labute approximate surface area is 257 Å². The first-order valence-corrected chi connectivity index (χ1v) is 15.8. The van der Waals surface area contributed by atoms with Gasteiger partial charge < -0.3 is 14.5 Å². The largest absolute Gasteiger partial charge is 0.495 e. The van der Waals surface area contributed by atoms with Gasteiger partial charge in [-0.25, -0.2) is 4.98 Å². The summed E-state index contributed by atoms with van der Waals surface area (Å²) in [5, 5.41) is 13.0. The van der Waals surface area contributed by atoms with E-state index in [9.17, 15) is 4.79 Å². The SMILES string of the molecule is COc1ccccc1-n1c(SCc2nc(C(=O)N3CCN(c4ccccc4C)CC3)cs2)nnc1-c1ccccc1Cl. The van der Waals surface area contributed by atoms with Gasteiger partial charge in [0.05, 0.1) is 23.6 Å². The number of carbonyl (C=O) groups is 1. The summed E-state index contributed by atoms with van der Waals surface area (Å²) in [6, 6.07) is 23.7. The van der Waals surface area contributed by atoms with E-state index in [2.05, 4.69) is 46.3 Å². The van der Waals surface area contributed by atoms with Crippen LogP contribution in [0.25, 0.3) is 17.1 Å². The number of anilines is 1. The number of methoxy groups -OCH3 is 1. The zero-order valence-corrected chi connectivity index (χ0v) is 25.6. The van der Waals surface area contributed by atoms with Crippen molar-refractivity contribution in [2.45, 2.75) is 17.8 Å². The molecule has 1 aliphatic heterocycles. The van der Waals surface area contributed by atoms with E-state index in [0.29, 0.717) is 46.3 Å². The number of benzene rings is 3. The maximum atomic E-state index is 13.3. The van der Waals surface area contributed by atoms with Gasteiger partial charge >= 0.3 is 0 Å². The van der Waals surface area contributed by atoms with E-state index in [0.717, 1.165) is 29.3 Å². The van der Waals surface area contributed by atoms with Crippen LogP contribution >= 0.6 is 34.7 Å². The lowest BCUT2D eigenvalue weighted by atomic mass is 10.1. The number of amides is 1. The lowest BCUT2D eigenvalue weighted by Crippen LogP contribution is -2.49. The van der Waals surface area contributed by atoms with Crippen LogP contribution in [0.2, 0.25) is 5.02 Å². The highest BCUT2D eigenvalue weighted by Crippen LogP contribution is 2.36. The molecule has 0 atom stereocenters. The maximum Gasteiger partial charge on any atom is 0.273 e. The Bertz CT molecular complexity index is 1710. The van der Waals surface area contributed by atoms with Crippen LogP contribution in [0.1, 0.15) is 21.1 Å². The predicted octanol–water partition coefficient (Wildman–Crippen LogP) is 6.62. The number of hydrogen-bond donors (Lipinski definition) is 0. The van der Waals surface area contributed by atoms with E-state index in [1.165, 1.54) is 34.3 Å². The third-order valence-corrected chi connectivity index (χ3v) is 9.49. The van der Waals surface area contributed by atoms with E-state index in [-0.39, 0.29) is 5.91 Å². The fourth-order valence-corrected chi connectivity index (χ4v) is 7.00. The molecule has 2 aromatic heterocycles. The average Bonchev–Trinajstić information content (AvgIpc) is 3.68. The molecule has 1 saturated heterocycles. The predicted molar refractivity (Wildman–Crippen MR) is 169 cm³/mol. The van der Waals surface area contributed by atoms with Gasteiger partial charge in [0.2, 0.25) is 0 Å². The molecule has 42 heavy (non-hydrogen) atoms. The van der Waals surface area contributed by atoms with Gasteiger partial charge in [-0.15, -0.1) is 21.5 Å². The fraction of sp³-hybridized carbons (Fsp3) is 0.226. The molecule has 0 bridgehead atoms. The summed E-state index contributed by atoms with van der Waals surface area (Å²) in [4.78, 5) is 22.2. The number of thioether (sulfide) groups is 1. The molecule has 0 saturated carbocycles. The second-order valence-corrected chi connectivity index (χ2v) is 12.1. The van der Waals surface area contributed by atoms with Crippen molar-refractivity contribution in [3.63, 3.8) is 0 Å². The zero-order valence-electron chi connectivity index (χ0n) is 23.2. The number of hydrogen-bond acceptors (Lipinski definition) is 8. The highest BCUT2D eigenvalue weighted by Gasteiger charge is 2.25. The van der Waals surface area contributed by atoms with E-state index >= 15 is 0 Å². The number of ether oxygens (including phenoxy) is 1. The van der Waals surface area contributed by atoms with Crippen LogP contribution in [0.4, 0.5) is 5.69 Å². The van der Waals surface area contributed by atoms with Crippen LogP contribution in [0.5, 0.6) is 5.75 Å². The molecule has 0 spiro atoms. The van der Waals surface area contributed by atoms with Crippen LogP contribution in [0, 0.1) is 6.92 Å². The van der Waals surface area contributed by atoms with Gasteiger partial charge in [-0.1, -0.05) is 65.8 Å². The fourth-order valence-electron chi connectivity index (χ4n) is 5.04. The number of piperazine rings is 1. The van der Waals surface area contributed by atoms with Gasteiger partial charge in [0.25, 0.3) is 5.91 Å². The van der Waals surface area contributed by atoms with Crippen molar-refractivity contribution >= 4 is 46.3 Å². The number of halogens is 1. The van der Waals surface area contributed by atoms with Crippen LogP contribution in [-0.4, -0.2) is 63.8 Å². The molecule has 3 heterocycles. The van der Waals surface area contributed by atoms with Crippen LogP contribution in [0.15, 0.2) is 83.3 Å². The Morgan fingerprint density at radius 3 is 2.43 bits per heavy atom. The second kappa shape index (κ2) is 12.6. The van der Waals surface area contributed by atoms with Gasteiger partial charge in [0, 0.05) is 42.8 Å². The Morgan fingerprint density at radius 2 is 1.67 bits per heavy atom. The highest BCUT2D eigenvalue weighted by atomic mass is 35.5. The first-order valence-electron chi connectivity index (χ1n) is 13.5. The minimum Gasteiger partial charge on any atom is -0.495 e. The molecule has 1 aliphatic rings. The summed E-state index contributed by atoms with van der Waals surface area (Å²) in [6.07, 6.45) is 0. The van der Waals surface area contributed by atoms with Crippen molar-refractivity contribution in [3.05, 3.63) is 99.5 Å². The van der Waals surface area contributed by atoms with Gasteiger partial charge in [-0.05, 0) is 42.8 Å². The number of rotatable bonds is 8. The minimum absolute atomic E-state index is 0.0230. The molecule has 6 rings (SSSR count). The molecule has 214 valence electrons. The van der Waals surface area contributed by atoms with Crippen molar-refractivity contribution in [2.75, 3.05) is 38.2 Å². The molecule has 3 aromatic carbocycles. The van der Waals surface area contributed by atoms with Crippen LogP contribution < -0.4 is 9.64 Å². The topological polar surface area (TPSA) is 76.4 Å². The molecule has 1 fully saturated rings. The van der Waals surface area contributed by atoms with E-state index in [1.54, 1.807) is 7.11 Å². The van der Waals surface area contributed by atoms with E-state index in [1.807, 2.05) is 63.4 Å². The van der Waals surface area contributed by atoms with Crippen molar-refractivity contribution < 1.29 is 9.53 Å². The van der Waals surface area contributed by atoms with Crippen LogP contribution in [0.3, 0.4) is 0 Å². The molecular formula is C31H29ClN6O2S2. The standard InChI is InChI=1S/C31H29ClN6O2S2/c1-21-9-3-6-12-25(21)36-15-17-37(18-16-36)30(39)24-19-41-28(33-24)20-42-31-35-34-29(22-10-4-5-11-23(22)32)38(31)26-13-7-8-14-27(26)40-2/h3-14,19H,15-18,20H2,1-2H3. The molecule has 1 amide bonds. The number of para-hydroxylation sites is 3. The summed E-state index contributed by atoms with van der Waals surface area (Å²) in [5.41, 5.74) is 4.55. The quantitative estimate of drug-likeness (QED) is 0.181. The normalized spacial score (nSPS) is 13.4. The Kier molecular flexibility index (Phi) is 8.46. The molecule has 11 heteroatoms. The monoisotopic (exact) mass is 616 g/mol. The summed E-state index contributed by atoms with van der Waals surface area (Å²) in [7, 11) is 1.64. The summed E-state index contributed by atoms with van der Waals surface area (Å²) in [6.45, 7) is 5.06. The molecule has 0 N–H and O–H groups in total. The number of thiazole rings is 1. The van der Waals surface area contributed by atoms with Gasteiger partial charge in [0.1, 0.15) is 16.5 Å². The molecular weight excluding hydrogens is 588 g/mol. The molecule has 5 aromatic rings. The van der Waals surface area contributed by atoms with Gasteiger partial charge in [0.15, 0.2) is 11.0 Å². The van der Waals surface area contributed by atoms with Gasteiger partial charge in [-0.3, -0.25) is 9.36 Å². The molecule has 0 unspecified atom stereocenters. The zero-order chi connectivity index (χ0) is 29.1. The smallest absolute Gasteiger partial charge is 0.273 e. The number of aromatic nitrogens is 4. The second-order valence-electron chi connectivity index (χ2n) is 9.77. The minimum atomic E-state index is -0.0230.